The minimum Gasteiger partial charge on any atom is -0.493 e. The van der Waals surface area contributed by atoms with Crippen molar-refractivity contribution in [3.8, 4) is 5.75 Å². The maximum atomic E-state index is 14.7. The summed E-state index contributed by atoms with van der Waals surface area (Å²) in [5.74, 6) is 0.115. The fourth-order valence-corrected chi connectivity index (χ4v) is 7.84. The molecule has 2 aliphatic heterocycles. The second-order valence-corrected chi connectivity index (χ2v) is 14.7. The molecule has 1 saturated heterocycles. The van der Waals surface area contributed by atoms with Crippen LogP contribution in [-0.4, -0.2) is 52.8 Å². The SMILES string of the molecule is CC(C)(C)NC(=O)O[C@@H]1CCCN(C(=O)c2cc3c4c(c2)C(N)C(c2cc5ccc(F)c(Cl)c5n2CC2CC2)C4(N)CCO3)C1. The number of nitrogens with zero attached hydrogens (tertiary/aromatic N) is 2. The number of fused-ring (bicyclic) bond motifs is 1. The van der Waals surface area contributed by atoms with Crippen LogP contribution in [0.2, 0.25) is 5.02 Å². The number of halogens is 2. The van der Waals surface area contributed by atoms with Gasteiger partial charge in [0.05, 0.1) is 24.2 Å². The number of amides is 2. The molecule has 0 spiro atoms. The van der Waals surface area contributed by atoms with Crippen LogP contribution in [0.3, 0.4) is 0 Å². The topological polar surface area (TPSA) is 125 Å². The number of nitrogens with two attached hydrogens (primary N) is 2. The number of piperidine rings is 1. The van der Waals surface area contributed by atoms with Gasteiger partial charge in [0.2, 0.25) is 0 Å². The van der Waals surface area contributed by atoms with Gasteiger partial charge < -0.3 is 35.7 Å². The summed E-state index contributed by atoms with van der Waals surface area (Å²) < 4.78 is 28.6. The zero-order valence-corrected chi connectivity index (χ0v) is 26.8. The number of rotatable bonds is 5. The molecule has 5 N–H and O–H groups in total. The van der Waals surface area contributed by atoms with E-state index in [1.54, 1.807) is 17.0 Å². The molecule has 4 atom stereocenters. The standard InChI is InChI=1S/C34H41ClFN5O4/c1-33(2,3)39-32(43)45-21-5-4-11-40(17-21)31(42)20-13-22-26-25(15-20)44-12-10-34(26,38)27(29(22)37)24-14-19-8-9-23(36)28(35)30(19)41(24)16-18-6-7-18/h8-9,13-15,18,21,27,29H,4-7,10-12,16-17,37-38H2,1-3H3,(H,39,43)/t21-,27?,29?,34?/m1/s1. The minimum atomic E-state index is -0.838. The summed E-state index contributed by atoms with van der Waals surface area (Å²) in [5.41, 5.74) is 16.9. The number of carbonyl (C=O) groups is 2. The fourth-order valence-electron chi connectivity index (χ4n) is 7.56. The summed E-state index contributed by atoms with van der Waals surface area (Å²) in [6.07, 6.45) is 3.29. The average molecular weight is 638 g/mol. The normalized spacial score (nSPS) is 26.0. The lowest BCUT2D eigenvalue weighted by Crippen LogP contribution is -2.47. The molecule has 1 saturated carbocycles. The van der Waals surface area contributed by atoms with Crippen molar-refractivity contribution in [2.75, 3.05) is 19.7 Å². The van der Waals surface area contributed by atoms with E-state index in [0.29, 0.717) is 55.3 Å². The molecular formula is C34H41ClFN5O4. The number of aromatic nitrogens is 1. The van der Waals surface area contributed by atoms with E-state index in [-0.39, 0.29) is 16.8 Å². The lowest BCUT2D eigenvalue weighted by Gasteiger charge is -2.38. The first-order valence-corrected chi connectivity index (χ1v) is 16.3. The number of hydrogen-bond acceptors (Lipinski definition) is 6. The molecule has 2 amide bonds. The minimum absolute atomic E-state index is 0.106. The van der Waals surface area contributed by atoms with E-state index in [1.807, 2.05) is 26.8 Å². The second kappa shape index (κ2) is 10.9. The summed E-state index contributed by atoms with van der Waals surface area (Å²) >= 11 is 6.57. The molecule has 0 bridgehead atoms. The molecule has 45 heavy (non-hydrogen) atoms. The number of carbonyl (C=O) groups excluding carboxylic acids is 2. The van der Waals surface area contributed by atoms with E-state index in [2.05, 4.69) is 16.0 Å². The maximum Gasteiger partial charge on any atom is 0.407 e. The number of nitrogens with one attached hydrogen (secondary N) is 1. The van der Waals surface area contributed by atoms with Gasteiger partial charge in [-0.25, -0.2) is 9.18 Å². The van der Waals surface area contributed by atoms with Gasteiger partial charge in [0.15, 0.2) is 0 Å². The number of ether oxygens (including phenoxy) is 2. The van der Waals surface area contributed by atoms with Crippen LogP contribution in [0.4, 0.5) is 9.18 Å². The van der Waals surface area contributed by atoms with Crippen LogP contribution in [-0.2, 0) is 16.8 Å². The van der Waals surface area contributed by atoms with Gasteiger partial charge in [-0.15, -0.1) is 0 Å². The quantitative estimate of drug-likeness (QED) is 0.329. The number of likely N-dealkylation sites (tertiary alicyclic amines) is 1. The third-order valence-electron chi connectivity index (χ3n) is 9.75. The Morgan fingerprint density at radius 3 is 2.71 bits per heavy atom. The van der Waals surface area contributed by atoms with Crippen molar-refractivity contribution < 1.29 is 23.5 Å². The Hall–Kier alpha value is -3.34. The smallest absolute Gasteiger partial charge is 0.407 e. The van der Waals surface area contributed by atoms with E-state index in [0.717, 1.165) is 48.0 Å². The van der Waals surface area contributed by atoms with Gasteiger partial charge >= 0.3 is 6.09 Å². The molecule has 9 nitrogen and oxygen atoms in total. The summed E-state index contributed by atoms with van der Waals surface area (Å²) in [4.78, 5) is 28.1. The molecular weight excluding hydrogens is 597 g/mol. The van der Waals surface area contributed by atoms with Gasteiger partial charge in [-0.05, 0) is 88.3 Å². The monoisotopic (exact) mass is 637 g/mol. The Kier molecular flexibility index (Phi) is 7.33. The maximum absolute atomic E-state index is 14.7. The first-order valence-electron chi connectivity index (χ1n) is 15.9. The molecule has 2 aliphatic carbocycles. The molecule has 2 aromatic carbocycles. The Morgan fingerprint density at radius 2 is 1.98 bits per heavy atom. The molecule has 4 aliphatic rings. The first-order chi connectivity index (χ1) is 21.3. The van der Waals surface area contributed by atoms with Crippen molar-refractivity contribution in [2.24, 2.45) is 17.4 Å². The van der Waals surface area contributed by atoms with Gasteiger partial charge in [0, 0.05) is 59.2 Å². The van der Waals surface area contributed by atoms with E-state index >= 15 is 0 Å². The Bertz CT molecular complexity index is 1700. The molecule has 3 aromatic rings. The van der Waals surface area contributed by atoms with Crippen LogP contribution < -0.4 is 21.5 Å². The highest BCUT2D eigenvalue weighted by Crippen LogP contribution is 2.58. The zero-order valence-electron chi connectivity index (χ0n) is 26.0. The summed E-state index contributed by atoms with van der Waals surface area (Å²) in [7, 11) is 0. The lowest BCUT2D eigenvalue weighted by molar-refractivity contribution is 0.0322. The van der Waals surface area contributed by atoms with Crippen molar-refractivity contribution in [1.82, 2.24) is 14.8 Å². The molecule has 11 heteroatoms. The van der Waals surface area contributed by atoms with Crippen molar-refractivity contribution in [1.29, 1.82) is 0 Å². The van der Waals surface area contributed by atoms with Crippen LogP contribution in [0.5, 0.6) is 5.75 Å². The predicted octanol–water partition coefficient (Wildman–Crippen LogP) is 5.71. The largest absolute Gasteiger partial charge is 0.493 e. The molecule has 7 rings (SSSR count). The van der Waals surface area contributed by atoms with E-state index < -0.39 is 35.1 Å². The van der Waals surface area contributed by atoms with Gasteiger partial charge in [0.1, 0.15) is 22.7 Å². The lowest BCUT2D eigenvalue weighted by atomic mass is 9.77. The highest BCUT2D eigenvalue weighted by Gasteiger charge is 2.54. The van der Waals surface area contributed by atoms with Gasteiger partial charge in [-0.2, -0.15) is 0 Å². The molecule has 1 aromatic heterocycles. The Labute approximate surface area is 267 Å². The van der Waals surface area contributed by atoms with Crippen molar-refractivity contribution in [3.63, 3.8) is 0 Å². The second-order valence-electron chi connectivity index (χ2n) is 14.3. The van der Waals surface area contributed by atoms with E-state index in [9.17, 15) is 14.0 Å². The number of hydrogen-bond donors (Lipinski definition) is 3. The van der Waals surface area contributed by atoms with Gasteiger partial charge in [-0.3, -0.25) is 4.79 Å². The third kappa shape index (κ3) is 5.34. The summed E-state index contributed by atoms with van der Waals surface area (Å²) in [5, 5.41) is 3.78. The fraction of sp³-hybridized carbons (Fsp3) is 0.529. The number of benzene rings is 2. The molecule has 0 radical (unpaired) electrons. The van der Waals surface area contributed by atoms with Crippen LogP contribution in [0, 0.1) is 11.7 Å². The summed E-state index contributed by atoms with van der Waals surface area (Å²) in [6, 6.07) is 8.32. The van der Waals surface area contributed by atoms with Crippen molar-refractivity contribution >= 4 is 34.5 Å². The predicted molar refractivity (Wildman–Crippen MR) is 170 cm³/mol. The first kappa shape index (κ1) is 30.3. The molecule has 3 heterocycles. The molecule has 3 unspecified atom stereocenters. The van der Waals surface area contributed by atoms with Crippen molar-refractivity contribution in [3.05, 3.63) is 63.6 Å². The average Bonchev–Trinajstić information content (AvgIpc) is 3.68. The Balaban J connectivity index is 1.22. The molecule has 240 valence electrons. The Morgan fingerprint density at radius 1 is 1.20 bits per heavy atom. The van der Waals surface area contributed by atoms with E-state index in [1.165, 1.54) is 6.07 Å². The van der Waals surface area contributed by atoms with Crippen LogP contribution >= 0.6 is 11.6 Å². The molecule has 2 fully saturated rings. The van der Waals surface area contributed by atoms with Crippen LogP contribution in [0.1, 0.15) is 92.0 Å². The van der Waals surface area contributed by atoms with Crippen LogP contribution in [0.25, 0.3) is 10.9 Å². The van der Waals surface area contributed by atoms with E-state index in [4.69, 9.17) is 32.5 Å². The highest BCUT2D eigenvalue weighted by molar-refractivity contribution is 6.35. The highest BCUT2D eigenvalue weighted by atomic mass is 35.5. The van der Waals surface area contributed by atoms with Gasteiger partial charge in [0.25, 0.3) is 5.91 Å². The van der Waals surface area contributed by atoms with Gasteiger partial charge in [-0.1, -0.05) is 11.6 Å². The van der Waals surface area contributed by atoms with Crippen molar-refractivity contribution in [2.45, 2.75) is 88.6 Å². The third-order valence-corrected chi connectivity index (χ3v) is 10.1. The number of alkyl carbamates (subject to hydrolysis) is 1. The summed E-state index contributed by atoms with van der Waals surface area (Å²) in [6.45, 7) is 7.63. The van der Waals surface area contributed by atoms with Crippen LogP contribution in [0.15, 0.2) is 30.3 Å². The zero-order chi connectivity index (χ0) is 31.8.